The van der Waals surface area contributed by atoms with Crippen molar-refractivity contribution in [1.29, 1.82) is 0 Å². The summed E-state index contributed by atoms with van der Waals surface area (Å²) < 4.78 is 0. The van der Waals surface area contributed by atoms with E-state index in [9.17, 15) is 0 Å². The third kappa shape index (κ3) is 11.2. The topological polar surface area (TPSA) is 39.7 Å². The minimum absolute atomic E-state index is 0.603. The maximum atomic E-state index is 4.68. The van der Waals surface area contributed by atoms with Gasteiger partial charge in [-0.2, -0.15) is 11.8 Å². The van der Waals surface area contributed by atoms with Gasteiger partial charge in [0, 0.05) is 38.3 Å². The van der Waals surface area contributed by atoms with E-state index in [0.717, 1.165) is 38.6 Å². The summed E-state index contributed by atoms with van der Waals surface area (Å²) in [7, 11) is 0. The van der Waals surface area contributed by atoms with Crippen molar-refractivity contribution in [3.63, 3.8) is 0 Å². The number of nitrogens with zero attached hydrogens (tertiary/aromatic N) is 2. The van der Waals surface area contributed by atoms with Gasteiger partial charge in [0.2, 0.25) is 0 Å². The Balaban J connectivity index is 4.04. The van der Waals surface area contributed by atoms with E-state index < -0.39 is 0 Å². The minimum atomic E-state index is 0.603. The van der Waals surface area contributed by atoms with Crippen LogP contribution in [-0.2, 0) is 0 Å². The average molecular weight is 331 g/mol. The zero-order chi connectivity index (χ0) is 16.8. The maximum absolute atomic E-state index is 4.68. The molecule has 0 rings (SSSR count). The standard InChI is InChI=1S/C17H38N4S/c1-7-18-17(19-11-8-9-14-22-6)20-12-10-13-21(15(2)3)16(4)5/h15-16H,7-14H2,1-6H3,(H2,18,19,20). The number of hydrogen-bond acceptors (Lipinski definition) is 3. The van der Waals surface area contributed by atoms with Crippen LogP contribution >= 0.6 is 11.8 Å². The summed E-state index contributed by atoms with van der Waals surface area (Å²) in [4.78, 5) is 7.21. The summed E-state index contributed by atoms with van der Waals surface area (Å²) in [6.45, 7) is 15.1. The molecule has 0 aliphatic rings. The highest BCUT2D eigenvalue weighted by atomic mass is 32.2. The number of nitrogens with one attached hydrogen (secondary N) is 2. The zero-order valence-corrected chi connectivity index (χ0v) is 16.4. The lowest BCUT2D eigenvalue weighted by molar-refractivity contribution is 0.174. The summed E-state index contributed by atoms with van der Waals surface area (Å²) in [6, 6.07) is 1.21. The lowest BCUT2D eigenvalue weighted by Crippen LogP contribution is -2.39. The van der Waals surface area contributed by atoms with Crippen LogP contribution in [0.5, 0.6) is 0 Å². The highest BCUT2D eigenvalue weighted by molar-refractivity contribution is 7.98. The van der Waals surface area contributed by atoms with Crippen LogP contribution in [0.1, 0.15) is 53.9 Å². The highest BCUT2D eigenvalue weighted by Gasteiger charge is 2.12. The van der Waals surface area contributed by atoms with Gasteiger partial charge in [0.05, 0.1) is 0 Å². The van der Waals surface area contributed by atoms with E-state index in [1.165, 1.54) is 18.6 Å². The lowest BCUT2D eigenvalue weighted by Gasteiger charge is -2.30. The Kier molecular flexibility index (Phi) is 13.9. The Morgan fingerprint density at radius 3 is 2.27 bits per heavy atom. The molecule has 0 aromatic heterocycles. The second-order valence-corrected chi connectivity index (χ2v) is 7.15. The molecule has 22 heavy (non-hydrogen) atoms. The van der Waals surface area contributed by atoms with Crippen molar-refractivity contribution in [2.45, 2.75) is 66.0 Å². The molecule has 0 fully saturated rings. The van der Waals surface area contributed by atoms with Gasteiger partial charge in [-0.25, -0.2) is 0 Å². The molecule has 0 saturated carbocycles. The van der Waals surface area contributed by atoms with Crippen LogP contribution in [0.25, 0.3) is 0 Å². The predicted octanol–water partition coefficient (Wildman–Crippen LogP) is 3.19. The van der Waals surface area contributed by atoms with E-state index >= 15 is 0 Å². The zero-order valence-electron chi connectivity index (χ0n) is 15.6. The summed E-state index contributed by atoms with van der Waals surface area (Å²) in [5.41, 5.74) is 0. The molecule has 0 aromatic carbocycles. The number of unbranched alkanes of at least 4 members (excludes halogenated alkanes) is 1. The molecule has 4 nitrogen and oxygen atoms in total. The molecule has 0 radical (unpaired) electrons. The van der Waals surface area contributed by atoms with Crippen LogP contribution in [0, 0.1) is 0 Å². The smallest absolute Gasteiger partial charge is 0.191 e. The van der Waals surface area contributed by atoms with Crippen molar-refractivity contribution in [3.8, 4) is 0 Å². The first-order valence-electron chi connectivity index (χ1n) is 8.79. The van der Waals surface area contributed by atoms with Crippen LogP contribution in [0.3, 0.4) is 0 Å². The van der Waals surface area contributed by atoms with Gasteiger partial charge in [0.1, 0.15) is 0 Å². The Labute approximate surface area is 142 Å². The summed E-state index contributed by atoms with van der Waals surface area (Å²) in [5.74, 6) is 2.21. The van der Waals surface area contributed by atoms with E-state index in [0.29, 0.717) is 12.1 Å². The van der Waals surface area contributed by atoms with Crippen molar-refractivity contribution >= 4 is 17.7 Å². The third-order valence-corrected chi connectivity index (χ3v) is 4.28. The molecule has 0 unspecified atom stereocenters. The maximum Gasteiger partial charge on any atom is 0.191 e. The number of rotatable bonds is 12. The molecule has 0 atom stereocenters. The van der Waals surface area contributed by atoms with Crippen molar-refractivity contribution < 1.29 is 0 Å². The molecule has 0 aromatic rings. The fraction of sp³-hybridized carbons (Fsp3) is 0.941. The second kappa shape index (κ2) is 14.2. The molecule has 2 N–H and O–H groups in total. The van der Waals surface area contributed by atoms with Gasteiger partial charge < -0.3 is 10.6 Å². The fourth-order valence-corrected chi connectivity index (χ4v) is 2.97. The van der Waals surface area contributed by atoms with Crippen LogP contribution in [0.2, 0.25) is 0 Å². The van der Waals surface area contributed by atoms with Gasteiger partial charge in [-0.15, -0.1) is 0 Å². The first kappa shape index (κ1) is 21.6. The lowest BCUT2D eigenvalue weighted by atomic mass is 10.2. The van der Waals surface area contributed by atoms with Crippen molar-refractivity contribution in [1.82, 2.24) is 15.5 Å². The molecule has 5 heteroatoms. The molecule has 132 valence electrons. The molecule has 0 aliphatic carbocycles. The van der Waals surface area contributed by atoms with Crippen molar-refractivity contribution in [2.24, 2.45) is 4.99 Å². The van der Waals surface area contributed by atoms with Gasteiger partial charge >= 0.3 is 0 Å². The van der Waals surface area contributed by atoms with Gasteiger partial charge in [-0.3, -0.25) is 9.89 Å². The first-order valence-corrected chi connectivity index (χ1v) is 10.2. The molecular weight excluding hydrogens is 292 g/mol. The molecule has 0 saturated heterocycles. The summed E-state index contributed by atoms with van der Waals surface area (Å²) in [6.07, 6.45) is 5.75. The van der Waals surface area contributed by atoms with Gasteiger partial charge in [-0.1, -0.05) is 0 Å². The Morgan fingerprint density at radius 2 is 1.73 bits per heavy atom. The van der Waals surface area contributed by atoms with Crippen LogP contribution < -0.4 is 10.6 Å². The highest BCUT2D eigenvalue weighted by Crippen LogP contribution is 2.05. The van der Waals surface area contributed by atoms with E-state index in [4.69, 9.17) is 0 Å². The molecule has 0 bridgehead atoms. The normalized spacial score (nSPS) is 12.5. The Hall–Kier alpha value is -0.420. The summed E-state index contributed by atoms with van der Waals surface area (Å²) in [5, 5.41) is 6.76. The Morgan fingerprint density at radius 1 is 1.05 bits per heavy atom. The van der Waals surface area contributed by atoms with Crippen LogP contribution in [0.15, 0.2) is 4.99 Å². The molecule has 0 amide bonds. The van der Waals surface area contributed by atoms with E-state index in [1.54, 1.807) is 0 Å². The predicted molar refractivity (Wildman–Crippen MR) is 103 cm³/mol. The minimum Gasteiger partial charge on any atom is -0.357 e. The van der Waals surface area contributed by atoms with Crippen molar-refractivity contribution in [3.05, 3.63) is 0 Å². The fourth-order valence-electron chi connectivity index (χ4n) is 2.48. The summed E-state index contributed by atoms with van der Waals surface area (Å²) >= 11 is 1.92. The van der Waals surface area contributed by atoms with Crippen molar-refractivity contribution in [2.75, 3.05) is 38.2 Å². The molecule has 0 spiro atoms. The number of hydrogen-bond donors (Lipinski definition) is 2. The van der Waals surface area contributed by atoms with E-state index in [-0.39, 0.29) is 0 Å². The van der Waals surface area contributed by atoms with Gasteiger partial charge in [0.15, 0.2) is 5.96 Å². The SMILES string of the molecule is CCNC(=NCCCN(C(C)C)C(C)C)NCCCCSC. The molecule has 0 heterocycles. The third-order valence-electron chi connectivity index (χ3n) is 3.58. The van der Waals surface area contributed by atoms with Gasteiger partial charge in [-0.05, 0) is 65.9 Å². The monoisotopic (exact) mass is 330 g/mol. The van der Waals surface area contributed by atoms with Gasteiger partial charge in [0.25, 0.3) is 0 Å². The average Bonchev–Trinajstić information content (AvgIpc) is 2.45. The number of guanidine groups is 1. The largest absolute Gasteiger partial charge is 0.357 e. The van der Waals surface area contributed by atoms with E-state index in [2.05, 4.69) is 61.4 Å². The Bertz CT molecular complexity index is 272. The molecular formula is C17H38N4S. The molecule has 0 aliphatic heterocycles. The number of aliphatic imine (C=N–C) groups is 1. The second-order valence-electron chi connectivity index (χ2n) is 6.17. The first-order chi connectivity index (χ1) is 10.5. The number of thioether (sulfide) groups is 1. The quantitative estimate of drug-likeness (QED) is 0.327. The van der Waals surface area contributed by atoms with Crippen LogP contribution in [-0.4, -0.2) is 61.1 Å². The van der Waals surface area contributed by atoms with E-state index in [1.807, 2.05) is 11.8 Å². The van der Waals surface area contributed by atoms with Crippen LogP contribution in [0.4, 0.5) is 0 Å².